The third-order valence-corrected chi connectivity index (χ3v) is 4.30. The molecule has 1 N–H and O–H groups in total. The molecule has 0 spiro atoms. The Kier molecular flexibility index (Phi) is 6.68. The van der Waals surface area contributed by atoms with Gasteiger partial charge < -0.3 is 14.8 Å². The van der Waals surface area contributed by atoms with Gasteiger partial charge in [-0.3, -0.25) is 0 Å². The lowest BCUT2D eigenvalue weighted by Crippen LogP contribution is -2.40. The van der Waals surface area contributed by atoms with Gasteiger partial charge in [0.1, 0.15) is 6.10 Å². The van der Waals surface area contributed by atoms with Crippen molar-refractivity contribution in [1.29, 1.82) is 0 Å². The highest BCUT2D eigenvalue weighted by molar-refractivity contribution is 5.28. The van der Waals surface area contributed by atoms with Crippen molar-refractivity contribution in [2.45, 2.75) is 51.7 Å². The lowest BCUT2D eigenvalue weighted by molar-refractivity contribution is -0.102. The summed E-state index contributed by atoms with van der Waals surface area (Å²) in [6, 6.07) is 9.22. The smallest absolute Gasteiger partial charge is 0.100 e. The molecule has 1 aliphatic rings. The molecule has 0 radical (unpaired) electrons. The van der Waals surface area contributed by atoms with E-state index >= 15 is 0 Å². The summed E-state index contributed by atoms with van der Waals surface area (Å²) in [6.45, 7) is 9.78. The summed E-state index contributed by atoms with van der Waals surface area (Å²) in [7, 11) is 0. The molecule has 1 fully saturated rings. The van der Waals surface area contributed by atoms with Crippen LogP contribution >= 0.6 is 0 Å². The summed E-state index contributed by atoms with van der Waals surface area (Å²) >= 11 is 0. The number of ether oxygens (including phenoxy) is 2. The van der Waals surface area contributed by atoms with Crippen molar-refractivity contribution in [2.75, 3.05) is 26.4 Å². The number of benzene rings is 1. The summed E-state index contributed by atoms with van der Waals surface area (Å²) < 4.78 is 11.5. The molecule has 1 aromatic rings. The standard InChI is InChI=1S/C18H29NO2/c1-4-10-19-18(17-13-20-11-12-21-17)16-8-6-15(7-9-16)14(3)5-2/h6-9,14,17-19H,4-5,10-13H2,1-3H3. The van der Waals surface area contributed by atoms with Gasteiger partial charge in [-0.2, -0.15) is 0 Å². The van der Waals surface area contributed by atoms with Crippen molar-refractivity contribution in [2.24, 2.45) is 0 Å². The summed E-state index contributed by atoms with van der Waals surface area (Å²) in [6.07, 6.45) is 2.41. The molecule has 3 heteroatoms. The Morgan fingerprint density at radius 1 is 1.14 bits per heavy atom. The van der Waals surface area contributed by atoms with Gasteiger partial charge in [-0.15, -0.1) is 0 Å². The second-order valence-electron chi connectivity index (χ2n) is 5.89. The lowest BCUT2D eigenvalue weighted by Gasteiger charge is -2.31. The third-order valence-electron chi connectivity index (χ3n) is 4.30. The quantitative estimate of drug-likeness (QED) is 0.831. The predicted octanol–water partition coefficient (Wildman–Crippen LogP) is 3.66. The number of hydrogen-bond donors (Lipinski definition) is 1. The average Bonchev–Trinajstić information content (AvgIpc) is 2.56. The van der Waals surface area contributed by atoms with Crippen molar-refractivity contribution in [3.05, 3.63) is 35.4 Å². The van der Waals surface area contributed by atoms with Crippen molar-refractivity contribution >= 4 is 0 Å². The lowest BCUT2D eigenvalue weighted by atomic mass is 9.94. The Bertz CT molecular complexity index is 398. The molecular formula is C18H29NO2. The molecule has 3 unspecified atom stereocenters. The van der Waals surface area contributed by atoms with E-state index in [0.717, 1.165) is 13.0 Å². The normalized spacial score (nSPS) is 22.0. The first-order valence-corrected chi connectivity index (χ1v) is 8.28. The van der Waals surface area contributed by atoms with Gasteiger partial charge in [-0.25, -0.2) is 0 Å². The summed E-state index contributed by atoms with van der Waals surface area (Å²) in [5, 5.41) is 3.61. The monoisotopic (exact) mass is 291 g/mol. The molecule has 0 amide bonds. The largest absolute Gasteiger partial charge is 0.376 e. The van der Waals surface area contributed by atoms with Crippen molar-refractivity contribution in [3.63, 3.8) is 0 Å². The van der Waals surface area contributed by atoms with E-state index in [4.69, 9.17) is 9.47 Å². The first kappa shape index (κ1) is 16.5. The van der Waals surface area contributed by atoms with E-state index in [0.29, 0.717) is 25.7 Å². The van der Waals surface area contributed by atoms with Gasteiger partial charge in [-0.1, -0.05) is 45.0 Å². The molecule has 1 saturated heterocycles. The highest BCUT2D eigenvalue weighted by Gasteiger charge is 2.26. The van der Waals surface area contributed by atoms with Gasteiger partial charge >= 0.3 is 0 Å². The zero-order valence-electron chi connectivity index (χ0n) is 13.6. The first-order chi connectivity index (χ1) is 10.3. The van der Waals surface area contributed by atoms with Crippen LogP contribution in [0.4, 0.5) is 0 Å². The Balaban J connectivity index is 2.11. The minimum Gasteiger partial charge on any atom is -0.376 e. The van der Waals surface area contributed by atoms with Crippen LogP contribution in [0.2, 0.25) is 0 Å². The van der Waals surface area contributed by atoms with E-state index in [1.165, 1.54) is 17.5 Å². The SMILES string of the molecule is CCCNC(c1ccc(C(C)CC)cc1)C1COCCO1. The topological polar surface area (TPSA) is 30.5 Å². The van der Waals surface area contributed by atoms with Gasteiger partial charge in [0.25, 0.3) is 0 Å². The molecule has 1 aromatic carbocycles. The predicted molar refractivity (Wildman–Crippen MR) is 86.7 cm³/mol. The first-order valence-electron chi connectivity index (χ1n) is 8.28. The Morgan fingerprint density at radius 2 is 1.86 bits per heavy atom. The minimum absolute atomic E-state index is 0.111. The zero-order chi connectivity index (χ0) is 15.1. The summed E-state index contributed by atoms with van der Waals surface area (Å²) in [5.41, 5.74) is 2.71. The van der Waals surface area contributed by atoms with Crippen LogP contribution in [-0.4, -0.2) is 32.5 Å². The fraction of sp³-hybridized carbons (Fsp3) is 0.667. The van der Waals surface area contributed by atoms with E-state index in [1.54, 1.807) is 0 Å². The fourth-order valence-corrected chi connectivity index (χ4v) is 2.73. The molecule has 0 bridgehead atoms. The molecule has 0 aliphatic carbocycles. The van der Waals surface area contributed by atoms with Crippen molar-refractivity contribution in [1.82, 2.24) is 5.32 Å². The van der Waals surface area contributed by atoms with Crippen molar-refractivity contribution in [3.8, 4) is 0 Å². The van der Waals surface area contributed by atoms with Gasteiger partial charge in [0.05, 0.1) is 25.9 Å². The van der Waals surface area contributed by atoms with Crippen LogP contribution in [-0.2, 0) is 9.47 Å². The molecular weight excluding hydrogens is 262 g/mol. The highest BCUT2D eigenvalue weighted by Crippen LogP contribution is 2.25. The molecule has 0 aromatic heterocycles. The maximum atomic E-state index is 5.90. The van der Waals surface area contributed by atoms with Crippen LogP contribution in [0, 0.1) is 0 Å². The van der Waals surface area contributed by atoms with Crippen LogP contribution < -0.4 is 5.32 Å². The zero-order valence-corrected chi connectivity index (χ0v) is 13.6. The number of rotatable bonds is 7. The van der Waals surface area contributed by atoms with E-state index < -0.39 is 0 Å². The molecule has 0 saturated carbocycles. The Labute approximate surface area is 129 Å². The van der Waals surface area contributed by atoms with Gasteiger partial charge in [0, 0.05) is 0 Å². The molecule has 21 heavy (non-hydrogen) atoms. The fourth-order valence-electron chi connectivity index (χ4n) is 2.73. The maximum Gasteiger partial charge on any atom is 0.100 e. The summed E-state index contributed by atoms with van der Waals surface area (Å²) in [5.74, 6) is 0.621. The molecule has 3 atom stereocenters. The maximum absolute atomic E-state index is 5.90. The van der Waals surface area contributed by atoms with Crippen LogP contribution in [0.25, 0.3) is 0 Å². The van der Waals surface area contributed by atoms with Gasteiger partial charge in [-0.05, 0) is 36.4 Å². The number of hydrogen-bond acceptors (Lipinski definition) is 3. The second kappa shape index (κ2) is 8.52. The van der Waals surface area contributed by atoms with E-state index in [-0.39, 0.29) is 12.1 Å². The van der Waals surface area contributed by atoms with Crippen LogP contribution in [0.5, 0.6) is 0 Å². The average molecular weight is 291 g/mol. The van der Waals surface area contributed by atoms with Crippen LogP contribution in [0.3, 0.4) is 0 Å². The number of nitrogens with one attached hydrogen (secondary N) is 1. The van der Waals surface area contributed by atoms with E-state index in [2.05, 4.69) is 50.4 Å². The Morgan fingerprint density at radius 3 is 2.43 bits per heavy atom. The molecule has 118 valence electrons. The summed E-state index contributed by atoms with van der Waals surface area (Å²) in [4.78, 5) is 0. The molecule has 1 heterocycles. The van der Waals surface area contributed by atoms with E-state index in [9.17, 15) is 0 Å². The minimum atomic E-state index is 0.111. The van der Waals surface area contributed by atoms with Crippen LogP contribution in [0.15, 0.2) is 24.3 Å². The van der Waals surface area contributed by atoms with Gasteiger partial charge in [0.2, 0.25) is 0 Å². The molecule has 3 nitrogen and oxygen atoms in total. The molecule has 2 rings (SSSR count). The highest BCUT2D eigenvalue weighted by atomic mass is 16.6. The Hall–Kier alpha value is -0.900. The molecule has 1 aliphatic heterocycles. The van der Waals surface area contributed by atoms with Gasteiger partial charge in [0.15, 0.2) is 0 Å². The third kappa shape index (κ3) is 4.53. The van der Waals surface area contributed by atoms with Crippen molar-refractivity contribution < 1.29 is 9.47 Å². The van der Waals surface area contributed by atoms with Crippen LogP contribution in [0.1, 0.15) is 56.7 Å². The van der Waals surface area contributed by atoms with E-state index in [1.807, 2.05) is 0 Å². The second-order valence-corrected chi connectivity index (χ2v) is 5.89.